The summed E-state index contributed by atoms with van der Waals surface area (Å²) in [7, 11) is 0. The van der Waals surface area contributed by atoms with Crippen molar-refractivity contribution >= 4 is 5.69 Å². The lowest BCUT2D eigenvalue weighted by Gasteiger charge is -2.22. The largest absolute Gasteiger partial charge is 0.508 e. The maximum absolute atomic E-state index is 9.20. The minimum Gasteiger partial charge on any atom is -0.508 e. The Hall–Kier alpha value is -1.38. The second kappa shape index (κ2) is 3.17. The summed E-state index contributed by atoms with van der Waals surface area (Å²) in [6.45, 7) is 5.78. The molecule has 0 aliphatic heterocycles. The molecule has 1 aromatic rings. The van der Waals surface area contributed by atoms with Crippen LogP contribution >= 0.6 is 0 Å². The number of nitrogen functional groups attached to an aromatic ring is 1. The Morgan fingerprint density at radius 3 is 2.46 bits per heavy atom. The van der Waals surface area contributed by atoms with Crippen molar-refractivity contribution in [3.8, 4) is 11.5 Å². The van der Waals surface area contributed by atoms with Gasteiger partial charge in [0.15, 0.2) is 0 Å². The summed E-state index contributed by atoms with van der Waals surface area (Å²) in [5.41, 5.74) is 5.89. The van der Waals surface area contributed by atoms with Crippen LogP contribution in [0.2, 0.25) is 0 Å². The van der Waals surface area contributed by atoms with Gasteiger partial charge in [0.05, 0.1) is 5.69 Å². The van der Waals surface area contributed by atoms with Crippen molar-refractivity contribution in [2.45, 2.75) is 26.4 Å². The molecule has 0 aliphatic rings. The van der Waals surface area contributed by atoms with Crippen LogP contribution in [-0.2, 0) is 0 Å². The number of aromatic hydroxyl groups is 1. The minimum atomic E-state index is -0.304. The van der Waals surface area contributed by atoms with Crippen molar-refractivity contribution in [1.29, 1.82) is 0 Å². The van der Waals surface area contributed by atoms with E-state index in [-0.39, 0.29) is 11.4 Å². The molecular formula is C10H15NO2. The number of anilines is 1. The summed E-state index contributed by atoms with van der Waals surface area (Å²) in [6, 6.07) is 4.67. The van der Waals surface area contributed by atoms with Crippen LogP contribution in [0.25, 0.3) is 0 Å². The minimum absolute atomic E-state index is 0.161. The van der Waals surface area contributed by atoms with Gasteiger partial charge < -0.3 is 15.6 Å². The van der Waals surface area contributed by atoms with E-state index in [1.807, 2.05) is 20.8 Å². The molecule has 0 bridgehead atoms. The third-order valence-corrected chi connectivity index (χ3v) is 1.41. The van der Waals surface area contributed by atoms with Gasteiger partial charge in [-0.25, -0.2) is 0 Å². The molecular weight excluding hydrogens is 166 g/mol. The van der Waals surface area contributed by atoms with E-state index in [1.54, 1.807) is 6.07 Å². The summed E-state index contributed by atoms with van der Waals surface area (Å²) < 4.78 is 5.53. The van der Waals surface area contributed by atoms with Crippen molar-refractivity contribution in [1.82, 2.24) is 0 Å². The van der Waals surface area contributed by atoms with Crippen LogP contribution in [0, 0.1) is 0 Å². The van der Waals surface area contributed by atoms with Gasteiger partial charge in [0, 0.05) is 6.07 Å². The quantitative estimate of drug-likeness (QED) is 0.515. The number of phenols is 1. The van der Waals surface area contributed by atoms with Gasteiger partial charge in [-0.1, -0.05) is 0 Å². The zero-order valence-electron chi connectivity index (χ0n) is 8.16. The van der Waals surface area contributed by atoms with Gasteiger partial charge in [-0.2, -0.15) is 0 Å². The van der Waals surface area contributed by atoms with Gasteiger partial charge in [-0.15, -0.1) is 0 Å². The molecule has 3 heteroatoms. The number of hydrogen-bond acceptors (Lipinski definition) is 3. The lowest BCUT2D eigenvalue weighted by molar-refractivity contribution is 0.131. The van der Waals surface area contributed by atoms with E-state index in [0.717, 1.165) is 0 Å². The van der Waals surface area contributed by atoms with Crippen LogP contribution in [0.1, 0.15) is 20.8 Å². The van der Waals surface area contributed by atoms with Gasteiger partial charge in [0.2, 0.25) is 0 Å². The fourth-order valence-corrected chi connectivity index (χ4v) is 0.941. The smallest absolute Gasteiger partial charge is 0.146 e. The molecule has 0 saturated heterocycles. The number of ether oxygens (including phenoxy) is 1. The molecule has 0 saturated carbocycles. The first-order chi connectivity index (χ1) is 5.88. The fraction of sp³-hybridized carbons (Fsp3) is 0.400. The van der Waals surface area contributed by atoms with E-state index < -0.39 is 0 Å². The first kappa shape index (κ1) is 9.71. The van der Waals surface area contributed by atoms with Crippen molar-refractivity contribution in [3.05, 3.63) is 18.2 Å². The molecule has 72 valence electrons. The highest BCUT2D eigenvalue weighted by Gasteiger charge is 2.13. The number of rotatable bonds is 1. The molecule has 13 heavy (non-hydrogen) atoms. The van der Waals surface area contributed by atoms with E-state index in [4.69, 9.17) is 10.5 Å². The van der Waals surface area contributed by atoms with Crippen LogP contribution in [0.15, 0.2) is 18.2 Å². The molecule has 3 nitrogen and oxygen atoms in total. The van der Waals surface area contributed by atoms with E-state index in [1.165, 1.54) is 12.1 Å². The van der Waals surface area contributed by atoms with Crippen molar-refractivity contribution < 1.29 is 9.84 Å². The van der Waals surface area contributed by atoms with Gasteiger partial charge in [-0.3, -0.25) is 0 Å². The SMILES string of the molecule is CC(C)(C)Oc1cc(O)ccc1N. The standard InChI is InChI=1S/C10H15NO2/c1-10(2,3)13-9-6-7(12)4-5-8(9)11/h4-6,12H,11H2,1-3H3. The summed E-state index contributed by atoms with van der Waals surface area (Å²) in [6.07, 6.45) is 0. The van der Waals surface area contributed by atoms with Crippen LogP contribution in [0.4, 0.5) is 5.69 Å². The van der Waals surface area contributed by atoms with Crippen molar-refractivity contribution in [2.24, 2.45) is 0 Å². The maximum atomic E-state index is 9.20. The Morgan fingerprint density at radius 2 is 1.92 bits per heavy atom. The molecule has 0 unspecified atom stereocenters. The summed E-state index contributed by atoms with van der Waals surface area (Å²) >= 11 is 0. The predicted octanol–water partition coefficient (Wildman–Crippen LogP) is 2.15. The zero-order chi connectivity index (χ0) is 10.1. The van der Waals surface area contributed by atoms with Crippen LogP contribution in [0.3, 0.4) is 0 Å². The first-order valence-electron chi connectivity index (χ1n) is 4.16. The van der Waals surface area contributed by atoms with E-state index in [9.17, 15) is 5.11 Å². The Balaban J connectivity index is 2.94. The second-order valence-electron chi connectivity index (χ2n) is 3.94. The van der Waals surface area contributed by atoms with Crippen LogP contribution in [0.5, 0.6) is 11.5 Å². The molecule has 0 aromatic heterocycles. The maximum Gasteiger partial charge on any atom is 0.146 e. The molecule has 0 atom stereocenters. The highest BCUT2D eigenvalue weighted by molar-refractivity contribution is 5.55. The third-order valence-electron chi connectivity index (χ3n) is 1.41. The van der Waals surface area contributed by atoms with Crippen molar-refractivity contribution in [2.75, 3.05) is 5.73 Å². The molecule has 0 radical (unpaired) electrons. The molecule has 0 spiro atoms. The van der Waals surface area contributed by atoms with E-state index in [0.29, 0.717) is 11.4 Å². The first-order valence-corrected chi connectivity index (χ1v) is 4.16. The number of nitrogens with two attached hydrogens (primary N) is 1. The lowest BCUT2D eigenvalue weighted by Crippen LogP contribution is -2.23. The molecule has 3 N–H and O–H groups in total. The summed E-state index contributed by atoms with van der Waals surface area (Å²) in [5, 5.41) is 9.20. The van der Waals surface area contributed by atoms with E-state index >= 15 is 0 Å². The van der Waals surface area contributed by atoms with Crippen LogP contribution < -0.4 is 10.5 Å². The highest BCUT2D eigenvalue weighted by atomic mass is 16.5. The normalized spacial score (nSPS) is 11.3. The number of phenolic OH excluding ortho intramolecular Hbond substituents is 1. The summed E-state index contributed by atoms with van der Waals surface area (Å²) in [5.74, 6) is 0.681. The lowest BCUT2D eigenvalue weighted by atomic mass is 10.2. The molecule has 1 aromatic carbocycles. The zero-order valence-corrected chi connectivity index (χ0v) is 8.16. The number of hydrogen-bond donors (Lipinski definition) is 2. The monoisotopic (exact) mass is 181 g/mol. The van der Waals surface area contributed by atoms with Crippen LogP contribution in [-0.4, -0.2) is 10.7 Å². The van der Waals surface area contributed by atoms with Gasteiger partial charge in [-0.05, 0) is 32.9 Å². The molecule has 0 aliphatic carbocycles. The second-order valence-corrected chi connectivity index (χ2v) is 3.94. The topological polar surface area (TPSA) is 55.5 Å². The molecule has 0 fully saturated rings. The van der Waals surface area contributed by atoms with Gasteiger partial charge >= 0.3 is 0 Å². The Morgan fingerprint density at radius 1 is 1.31 bits per heavy atom. The molecule has 1 rings (SSSR count). The fourth-order valence-electron chi connectivity index (χ4n) is 0.941. The third kappa shape index (κ3) is 2.86. The van der Waals surface area contributed by atoms with Crippen molar-refractivity contribution in [3.63, 3.8) is 0 Å². The Bertz CT molecular complexity index is 302. The summed E-state index contributed by atoms with van der Waals surface area (Å²) in [4.78, 5) is 0. The Labute approximate surface area is 78.1 Å². The van der Waals surface area contributed by atoms with Gasteiger partial charge in [0.25, 0.3) is 0 Å². The Kier molecular flexibility index (Phi) is 2.36. The molecule has 0 heterocycles. The predicted molar refractivity (Wildman–Crippen MR) is 52.9 cm³/mol. The van der Waals surface area contributed by atoms with E-state index in [2.05, 4.69) is 0 Å². The molecule has 0 amide bonds. The van der Waals surface area contributed by atoms with Gasteiger partial charge in [0.1, 0.15) is 17.1 Å². The average Bonchev–Trinajstić information content (AvgIpc) is 1.94. The average molecular weight is 181 g/mol. The highest BCUT2D eigenvalue weighted by Crippen LogP contribution is 2.28. The number of benzene rings is 1.